The molecule has 1 aliphatic carbocycles. The predicted octanol–water partition coefficient (Wildman–Crippen LogP) is 4.35. The van der Waals surface area contributed by atoms with E-state index in [9.17, 15) is 14.0 Å². The summed E-state index contributed by atoms with van der Waals surface area (Å²) in [4.78, 5) is 27.4. The number of carbonyl (C=O) groups is 2. The van der Waals surface area contributed by atoms with E-state index in [1.165, 1.54) is 12.1 Å². The van der Waals surface area contributed by atoms with Gasteiger partial charge in [0.2, 0.25) is 5.91 Å². The smallest absolute Gasteiger partial charge is 0.289 e. The molecule has 0 aromatic heterocycles. The lowest BCUT2D eigenvalue weighted by Crippen LogP contribution is -2.57. The third kappa shape index (κ3) is 5.49. The van der Waals surface area contributed by atoms with Gasteiger partial charge in [-0.15, -0.1) is 0 Å². The summed E-state index contributed by atoms with van der Waals surface area (Å²) in [5.41, 5.74) is 1.62. The highest BCUT2D eigenvalue weighted by molar-refractivity contribution is 6.30. The highest BCUT2D eigenvalue weighted by Crippen LogP contribution is 2.33. The molecule has 32 heavy (non-hydrogen) atoms. The summed E-state index contributed by atoms with van der Waals surface area (Å²) >= 11 is 5.90. The number of carbonyl (C=O) groups excluding carboxylic acids is 2. The predicted molar refractivity (Wildman–Crippen MR) is 121 cm³/mol. The Bertz CT molecular complexity index is 1010. The van der Waals surface area contributed by atoms with Crippen molar-refractivity contribution >= 4 is 29.5 Å². The number of halogens is 2. The molecule has 2 unspecified atom stereocenters. The lowest BCUT2D eigenvalue weighted by molar-refractivity contribution is -0.151. The van der Waals surface area contributed by atoms with Crippen LogP contribution in [0, 0.1) is 5.82 Å². The van der Waals surface area contributed by atoms with E-state index in [1.54, 1.807) is 23.1 Å². The summed E-state index contributed by atoms with van der Waals surface area (Å²) in [6, 6.07) is 13.4. The standard InChI is InChI=1S/C25H26ClFN2O3/c26-19-10-8-17(9-11-19)12-13-28-24(30)16-29-21-6-1-2-7-22(21)32-23(25(29)31)15-18-4-3-5-20(27)14-18/h3-5,8-11,14-15,21-22H,1-2,6-7,12-13,16H2,(H,28,30)/b23-15+. The molecule has 5 nitrogen and oxygen atoms in total. The number of hydrogen-bond acceptors (Lipinski definition) is 3. The molecule has 2 aromatic rings. The van der Waals surface area contributed by atoms with Gasteiger partial charge in [0, 0.05) is 11.6 Å². The molecule has 4 rings (SSSR count). The molecule has 1 heterocycles. The lowest BCUT2D eigenvalue weighted by Gasteiger charge is -2.44. The second kappa shape index (κ2) is 10.2. The first kappa shape index (κ1) is 22.3. The molecule has 1 saturated heterocycles. The van der Waals surface area contributed by atoms with Crippen molar-refractivity contribution in [1.29, 1.82) is 0 Å². The minimum absolute atomic E-state index is 0.0233. The van der Waals surface area contributed by atoms with Crippen LogP contribution in [0.4, 0.5) is 4.39 Å². The maximum absolute atomic E-state index is 13.6. The zero-order valence-electron chi connectivity index (χ0n) is 17.7. The van der Waals surface area contributed by atoms with Crippen LogP contribution in [0.15, 0.2) is 54.3 Å². The number of fused-ring (bicyclic) bond motifs is 1. The third-order valence-corrected chi connectivity index (χ3v) is 6.18. The Balaban J connectivity index is 1.43. The molecule has 168 valence electrons. The van der Waals surface area contributed by atoms with E-state index in [0.29, 0.717) is 23.6 Å². The maximum Gasteiger partial charge on any atom is 0.289 e. The molecule has 2 atom stereocenters. The fourth-order valence-electron chi connectivity index (χ4n) is 4.32. The van der Waals surface area contributed by atoms with Crippen molar-refractivity contribution in [2.75, 3.05) is 13.1 Å². The largest absolute Gasteiger partial charge is 0.482 e. The highest BCUT2D eigenvalue weighted by atomic mass is 35.5. The van der Waals surface area contributed by atoms with E-state index in [-0.39, 0.29) is 42.1 Å². The monoisotopic (exact) mass is 456 g/mol. The van der Waals surface area contributed by atoms with E-state index in [2.05, 4.69) is 5.32 Å². The van der Waals surface area contributed by atoms with E-state index in [0.717, 1.165) is 31.2 Å². The van der Waals surface area contributed by atoms with Crippen molar-refractivity contribution in [3.8, 4) is 0 Å². The van der Waals surface area contributed by atoms with Crippen LogP contribution in [-0.2, 0) is 20.7 Å². The Labute approximate surface area is 192 Å². The summed E-state index contributed by atoms with van der Waals surface area (Å²) < 4.78 is 19.6. The quantitative estimate of drug-likeness (QED) is 0.657. The van der Waals surface area contributed by atoms with Crippen LogP contribution in [0.2, 0.25) is 5.02 Å². The fourth-order valence-corrected chi connectivity index (χ4v) is 4.44. The van der Waals surface area contributed by atoms with Crippen LogP contribution in [0.25, 0.3) is 6.08 Å². The van der Waals surface area contributed by atoms with Gasteiger partial charge >= 0.3 is 0 Å². The third-order valence-electron chi connectivity index (χ3n) is 5.93. The molecule has 1 N–H and O–H groups in total. The minimum Gasteiger partial charge on any atom is -0.482 e. The lowest BCUT2D eigenvalue weighted by atomic mass is 9.89. The Hall–Kier alpha value is -2.86. The van der Waals surface area contributed by atoms with Gasteiger partial charge in [0.05, 0.1) is 6.04 Å². The van der Waals surface area contributed by atoms with Gasteiger partial charge in [-0.2, -0.15) is 0 Å². The molecular formula is C25H26ClFN2O3. The summed E-state index contributed by atoms with van der Waals surface area (Å²) in [7, 11) is 0. The molecule has 0 radical (unpaired) electrons. The summed E-state index contributed by atoms with van der Waals surface area (Å²) in [6.07, 6.45) is 5.73. The van der Waals surface area contributed by atoms with E-state index in [4.69, 9.17) is 16.3 Å². The van der Waals surface area contributed by atoms with Crippen LogP contribution >= 0.6 is 11.6 Å². The number of benzene rings is 2. The number of ether oxygens (including phenoxy) is 1. The minimum atomic E-state index is -0.380. The highest BCUT2D eigenvalue weighted by Gasteiger charge is 2.42. The molecule has 2 fully saturated rings. The normalized spacial score (nSPS) is 21.8. The van der Waals surface area contributed by atoms with Crippen molar-refractivity contribution in [2.45, 2.75) is 44.2 Å². The summed E-state index contributed by atoms with van der Waals surface area (Å²) in [5, 5.41) is 3.58. The molecule has 0 bridgehead atoms. The first-order valence-corrected chi connectivity index (χ1v) is 11.3. The van der Waals surface area contributed by atoms with Gasteiger partial charge in [-0.25, -0.2) is 4.39 Å². The number of amides is 2. The van der Waals surface area contributed by atoms with Gasteiger partial charge in [0.1, 0.15) is 18.5 Å². The van der Waals surface area contributed by atoms with Crippen LogP contribution in [0.5, 0.6) is 0 Å². The van der Waals surface area contributed by atoms with Gasteiger partial charge in [0.15, 0.2) is 5.76 Å². The van der Waals surface area contributed by atoms with E-state index in [1.807, 2.05) is 24.3 Å². The van der Waals surface area contributed by atoms with Crippen molar-refractivity contribution < 1.29 is 18.7 Å². The molecule has 2 amide bonds. The second-order valence-corrected chi connectivity index (χ2v) is 8.67. The first-order chi connectivity index (χ1) is 15.5. The topological polar surface area (TPSA) is 58.6 Å². The van der Waals surface area contributed by atoms with Gasteiger partial charge < -0.3 is 15.0 Å². The van der Waals surface area contributed by atoms with Gasteiger partial charge in [-0.3, -0.25) is 9.59 Å². The Morgan fingerprint density at radius 2 is 1.97 bits per heavy atom. The summed E-state index contributed by atoms with van der Waals surface area (Å²) in [5.74, 6) is -0.753. The molecule has 1 saturated carbocycles. The van der Waals surface area contributed by atoms with Crippen molar-refractivity contribution in [1.82, 2.24) is 10.2 Å². The van der Waals surface area contributed by atoms with E-state index < -0.39 is 0 Å². The SMILES string of the molecule is O=C(CN1C(=O)/C(=C\c2cccc(F)c2)OC2CCCCC21)NCCc1ccc(Cl)cc1. The molecular weight excluding hydrogens is 431 g/mol. The Kier molecular flexibility index (Phi) is 7.10. The zero-order chi connectivity index (χ0) is 22.5. The Morgan fingerprint density at radius 3 is 2.75 bits per heavy atom. The Morgan fingerprint density at radius 1 is 1.19 bits per heavy atom. The van der Waals surface area contributed by atoms with Gasteiger partial charge in [-0.1, -0.05) is 42.3 Å². The van der Waals surface area contributed by atoms with Crippen LogP contribution in [0.1, 0.15) is 36.8 Å². The van der Waals surface area contributed by atoms with Gasteiger partial charge in [-0.05, 0) is 67.2 Å². The first-order valence-electron chi connectivity index (χ1n) is 11.0. The van der Waals surface area contributed by atoms with Crippen LogP contribution < -0.4 is 5.32 Å². The number of morpholine rings is 1. The molecule has 0 spiro atoms. The average Bonchev–Trinajstić information content (AvgIpc) is 2.78. The molecule has 2 aliphatic rings. The second-order valence-electron chi connectivity index (χ2n) is 8.23. The zero-order valence-corrected chi connectivity index (χ0v) is 18.5. The van der Waals surface area contributed by atoms with Crippen LogP contribution in [-0.4, -0.2) is 41.9 Å². The molecule has 1 aliphatic heterocycles. The number of nitrogens with one attached hydrogen (secondary N) is 1. The summed E-state index contributed by atoms with van der Waals surface area (Å²) in [6.45, 7) is 0.448. The fraction of sp³-hybridized carbons (Fsp3) is 0.360. The van der Waals surface area contributed by atoms with Crippen LogP contribution in [0.3, 0.4) is 0 Å². The number of nitrogens with zero attached hydrogens (tertiary/aromatic N) is 1. The number of hydrogen-bond donors (Lipinski definition) is 1. The van der Waals surface area contributed by atoms with Crippen molar-refractivity contribution in [3.05, 3.63) is 76.3 Å². The molecule has 2 aromatic carbocycles. The van der Waals surface area contributed by atoms with E-state index >= 15 is 0 Å². The average molecular weight is 457 g/mol. The maximum atomic E-state index is 13.6. The van der Waals surface area contributed by atoms with Crippen molar-refractivity contribution in [2.24, 2.45) is 0 Å². The van der Waals surface area contributed by atoms with Crippen molar-refractivity contribution in [3.63, 3.8) is 0 Å². The molecule has 7 heteroatoms. The van der Waals surface area contributed by atoms with Gasteiger partial charge in [0.25, 0.3) is 5.91 Å². The number of rotatable bonds is 6.